The molecule has 160 valence electrons. The number of methoxy groups -OCH3 is 1. The maximum Gasteiger partial charge on any atom is 0.387 e. The lowest BCUT2D eigenvalue weighted by molar-refractivity contribution is -0.137. The van der Waals surface area contributed by atoms with E-state index in [1.165, 1.54) is 25.5 Å². The summed E-state index contributed by atoms with van der Waals surface area (Å²) in [5.74, 6) is 0.0321. The van der Waals surface area contributed by atoms with Crippen molar-refractivity contribution in [2.24, 2.45) is 16.0 Å². The van der Waals surface area contributed by atoms with Crippen molar-refractivity contribution < 1.29 is 27.9 Å². The minimum atomic E-state index is -2.93. The number of fused-ring (bicyclic) bond motifs is 2. The number of nitrogens with zero attached hydrogens (tertiary/aromatic N) is 2. The Bertz CT molecular complexity index is 784. The van der Waals surface area contributed by atoms with Gasteiger partial charge in [0.05, 0.1) is 13.3 Å². The van der Waals surface area contributed by atoms with Gasteiger partial charge in [0, 0.05) is 18.2 Å². The number of likely N-dealkylation sites (tertiary alicyclic amines) is 1. The molecule has 0 radical (unpaired) electrons. The van der Waals surface area contributed by atoms with Gasteiger partial charge in [0.1, 0.15) is 0 Å². The molecule has 2 aliphatic rings. The molecule has 0 spiro atoms. The normalized spacial score (nSPS) is 25.5. The van der Waals surface area contributed by atoms with Gasteiger partial charge in [-0.05, 0) is 48.3 Å². The zero-order valence-electron chi connectivity index (χ0n) is 17.3. The molecule has 29 heavy (non-hydrogen) atoms. The van der Waals surface area contributed by atoms with Gasteiger partial charge in [0.25, 0.3) is 5.91 Å². The minimum absolute atomic E-state index is 0.0627. The first-order valence-corrected chi connectivity index (χ1v) is 9.68. The van der Waals surface area contributed by atoms with Crippen molar-refractivity contribution in [3.63, 3.8) is 0 Å². The van der Waals surface area contributed by atoms with E-state index < -0.39 is 6.61 Å². The Morgan fingerprint density at radius 2 is 2.07 bits per heavy atom. The summed E-state index contributed by atoms with van der Waals surface area (Å²) in [5, 5.41) is 3.83. The predicted molar refractivity (Wildman–Crippen MR) is 104 cm³/mol. The predicted octanol–water partition coefficient (Wildman–Crippen LogP) is 4.07. The summed E-state index contributed by atoms with van der Waals surface area (Å²) in [6, 6.07) is 4.67. The summed E-state index contributed by atoms with van der Waals surface area (Å²) in [6.45, 7) is 4.47. The molecule has 0 aromatic heterocycles. The molecule has 1 saturated heterocycles. The zero-order chi connectivity index (χ0) is 21.2. The molecule has 3 rings (SSSR count). The summed E-state index contributed by atoms with van der Waals surface area (Å²) >= 11 is 0. The second-order valence-corrected chi connectivity index (χ2v) is 9.03. The first kappa shape index (κ1) is 21.3. The van der Waals surface area contributed by atoms with Crippen LogP contribution in [0, 0.1) is 10.8 Å². The van der Waals surface area contributed by atoms with Gasteiger partial charge >= 0.3 is 6.61 Å². The molecule has 1 heterocycles. The second-order valence-electron chi connectivity index (χ2n) is 9.03. The van der Waals surface area contributed by atoms with Crippen LogP contribution in [0.3, 0.4) is 0 Å². The number of carbonyl (C=O) groups is 1. The van der Waals surface area contributed by atoms with Crippen LogP contribution in [-0.4, -0.2) is 49.9 Å². The SMILES string of the molecule is COc1cc(/C=N\OCC(=O)N2C[C@]3(C)C[C@H]2CC(C)(C)C3)ccc1OC(F)F. The number of halogens is 2. The molecule has 0 unspecified atom stereocenters. The summed E-state index contributed by atoms with van der Waals surface area (Å²) < 4.78 is 34.2. The highest BCUT2D eigenvalue weighted by Crippen LogP contribution is 2.52. The molecule has 2 fully saturated rings. The Morgan fingerprint density at radius 3 is 2.76 bits per heavy atom. The molecule has 8 heteroatoms. The van der Waals surface area contributed by atoms with Gasteiger partial charge in [-0.1, -0.05) is 25.9 Å². The van der Waals surface area contributed by atoms with Crippen LogP contribution in [-0.2, 0) is 9.63 Å². The van der Waals surface area contributed by atoms with E-state index in [1.807, 2.05) is 4.90 Å². The molecule has 1 amide bonds. The number of benzene rings is 1. The fraction of sp³-hybridized carbons (Fsp3) is 0.619. The van der Waals surface area contributed by atoms with E-state index in [0.29, 0.717) is 5.56 Å². The third-order valence-corrected chi connectivity index (χ3v) is 5.60. The number of rotatable bonds is 7. The molecule has 1 aromatic rings. The minimum Gasteiger partial charge on any atom is -0.493 e. The van der Waals surface area contributed by atoms with Crippen LogP contribution in [0.5, 0.6) is 11.5 Å². The summed E-state index contributed by atoms with van der Waals surface area (Å²) in [7, 11) is 1.36. The molecule has 1 aliphatic heterocycles. The lowest BCUT2D eigenvalue weighted by Crippen LogP contribution is -2.39. The number of hydrogen-bond donors (Lipinski definition) is 0. The van der Waals surface area contributed by atoms with Crippen molar-refractivity contribution in [1.29, 1.82) is 0 Å². The molecular formula is C21H28F2N2O4. The summed E-state index contributed by atoms with van der Waals surface area (Å²) in [4.78, 5) is 19.8. The molecule has 6 nitrogen and oxygen atoms in total. The van der Waals surface area contributed by atoms with Crippen molar-refractivity contribution in [3.05, 3.63) is 23.8 Å². The number of hydrogen-bond acceptors (Lipinski definition) is 5. The fourth-order valence-electron chi connectivity index (χ4n) is 4.98. The highest BCUT2D eigenvalue weighted by Gasteiger charge is 2.50. The Balaban J connectivity index is 1.55. The monoisotopic (exact) mass is 410 g/mol. The van der Waals surface area contributed by atoms with Gasteiger partial charge in [-0.2, -0.15) is 8.78 Å². The average molecular weight is 410 g/mol. The van der Waals surface area contributed by atoms with E-state index in [4.69, 9.17) is 9.57 Å². The summed E-state index contributed by atoms with van der Waals surface area (Å²) in [5.41, 5.74) is 0.983. The van der Waals surface area contributed by atoms with E-state index >= 15 is 0 Å². The van der Waals surface area contributed by atoms with Gasteiger partial charge in [-0.25, -0.2) is 0 Å². The van der Waals surface area contributed by atoms with Crippen molar-refractivity contribution >= 4 is 12.1 Å². The van der Waals surface area contributed by atoms with Crippen LogP contribution < -0.4 is 9.47 Å². The zero-order valence-corrected chi connectivity index (χ0v) is 17.3. The fourth-order valence-corrected chi connectivity index (χ4v) is 4.98. The molecule has 1 aliphatic carbocycles. The van der Waals surface area contributed by atoms with Gasteiger partial charge in [0.15, 0.2) is 18.1 Å². The van der Waals surface area contributed by atoms with Gasteiger partial charge in [-0.15, -0.1) is 0 Å². The van der Waals surface area contributed by atoms with Crippen LogP contribution in [0.2, 0.25) is 0 Å². The lowest BCUT2D eigenvalue weighted by atomic mass is 9.65. The highest BCUT2D eigenvalue weighted by molar-refractivity contribution is 5.81. The molecular weight excluding hydrogens is 382 g/mol. The number of ether oxygens (including phenoxy) is 2. The maximum atomic E-state index is 12.6. The Labute approximate surface area is 169 Å². The van der Waals surface area contributed by atoms with Gasteiger partial charge in [-0.3, -0.25) is 4.79 Å². The highest BCUT2D eigenvalue weighted by atomic mass is 19.3. The first-order valence-electron chi connectivity index (χ1n) is 9.68. The summed E-state index contributed by atoms with van der Waals surface area (Å²) in [6.07, 6.45) is 4.56. The number of oxime groups is 1. The standard InChI is InChI=1S/C21H28F2N2O4/c1-20(2)8-15-9-21(3,12-20)13-25(15)18(26)11-28-24-10-14-5-6-16(29-19(22)23)17(7-14)27-4/h5-7,10,15,19H,8-9,11-13H2,1-4H3/b24-10-/t15-,21-/m1/s1. The van der Waals surface area contributed by atoms with Crippen molar-refractivity contribution in [2.45, 2.75) is 52.7 Å². The van der Waals surface area contributed by atoms with E-state index in [-0.39, 0.29) is 40.9 Å². The molecule has 2 bridgehead atoms. The van der Waals surface area contributed by atoms with E-state index in [1.54, 1.807) is 6.07 Å². The van der Waals surface area contributed by atoms with Crippen LogP contribution in [0.4, 0.5) is 8.78 Å². The topological polar surface area (TPSA) is 60.4 Å². The molecule has 0 N–H and O–H groups in total. The Kier molecular flexibility index (Phi) is 6.00. The lowest BCUT2D eigenvalue weighted by Gasteiger charge is -2.39. The van der Waals surface area contributed by atoms with E-state index in [2.05, 4.69) is 30.7 Å². The van der Waals surface area contributed by atoms with Crippen LogP contribution in [0.25, 0.3) is 0 Å². The quantitative estimate of drug-likeness (QED) is 0.502. The third-order valence-electron chi connectivity index (χ3n) is 5.60. The van der Waals surface area contributed by atoms with Crippen molar-refractivity contribution in [2.75, 3.05) is 20.3 Å². The van der Waals surface area contributed by atoms with Crippen LogP contribution in [0.1, 0.15) is 45.6 Å². The molecule has 1 aromatic carbocycles. The van der Waals surface area contributed by atoms with Gasteiger partial charge < -0.3 is 19.2 Å². The molecule has 1 saturated carbocycles. The first-order chi connectivity index (χ1) is 13.6. The van der Waals surface area contributed by atoms with Crippen LogP contribution in [0.15, 0.2) is 23.4 Å². The van der Waals surface area contributed by atoms with Crippen LogP contribution >= 0.6 is 0 Å². The van der Waals surface area contributed by atoms with Crippen molar-refractivity contribution in [3.8, 4) is 11.5 Å². The smallest absolute Gasteiger partial charge is 0.387 e. The number of amides is 1. The Morgan fingerprint density at radius 1 is 1.31 bits per heavy atom. The second kappa shape index (κ2) is 8.16. The number of alkyl halides is 2. The Hall–Kier alpha value is -2.38. The maximum absolute atomic E-state index is 12.6. The van der Waals surface area contributed by atoms with Crippen molar-refractivity contribution in [1.82, 2.24) is 4.90 Å². The van der Waals surface area contributed by atoms with E-state index in [9.17, 15) is 13.6 Å². The largest absolute Gasteiger partial charge is 0.493 e. The molecule has 2 atom stereocenters. The average Bonchev–Trinajstić information content (AvgIpc) is 2.88. The third kappa shape index (κ3) is 5.16. The van der Waals surface area contributed by atoms with Gasteiger partial charge in [0.2, 0.25) is 0 Å². The number of carbonyl (C=O) groups excluding carboxylic acids is 1. The van der Waals surface area contributed by atoms with E-state index in [0.717, 1.165) is 25.8 Å².